The van der Waals surface area contributed by atoms with Gasteiger partial charge in [-0.25, -0.2) is 0 Å². The van der Waals surface area contributed by atoms with Crippen LogP contribution in [-0.2, 0) is 15.2 Å². The van der Waals surface area contributed by atoms with Gasteiger partial charge in [0.25, 0.3) is 5.91 Å². The molecule has 2 aromatic rings. The Hall–Kier alpha value is -2.66. The predicted molar refractivity (Wildman–Crippen MR) is 76.3 cm³/mol. The number of carbonyl (C=O) groups is 2. The minimum absolute atomic E-state index is 0.312. The molecule has 2 heterocycles. The molecular formula is C16H13NO4. The zero-order valence-corrected chi connectivity index (χ0v) is 11.1. The van der Waals surface area contributed by atoms with Gasteiger partial charge in [0.2, 0.25) is 0 Å². The minimum atomic E-state index is -1.82. The van der Waals surface area contributed by atoms with E-state index in [9.17, 15) is 14.7 Å². The molecule has 0 saturated heterocycles. The summed E-state index contributed by atoms with van der Waals surface area (Å²) < 4.78 is 5.08. The summed E-state index contributed by atoms with van der Waals surface area (Å²) in [6, 6.07) is 10.2. The molecule has 0 saturated carbocycles. The summed E-state index contributed by atoms with van der Waals surface area (Å²) in [6.07, 6.45) is 3.99. The molecular weight excluding hydrogens is 270 g/mol. The Morgan fingerprint density at radius 2 is 2.10 bits per heavy atom. The van der Waals surface area contributed by atoms with Crippen molar-refractivity contribution >= 4 is 23.5 Å². The van der Waals surface area contributed by atoms with E-state index in [0.717, 1.165) is 0 Å². The zero-order chi connectivity index (χ0) is 14.9. The molecule has 0 spiro atoms. The Morgan fingerprint density at radius 3 is 2.86 bits per heavy atom. The van der Waals surface area contributed by atoms with Gasteiger partial charge in [-0.3, -0.25) is 9.59 Å². The van der Waals surface area contributed by atoms with Gasteiger partial charge in [-0.2, -0.15) is 0 Å². The fourth-order valence-corrected chi connectivity index (χ4v) is 2.35. The van der Waals surface area contributed by atoms with E-state index in [0.29, 0.717) is 17.0 Å². The van der Waals surface area contributed by atoms with Gasteiger partial charge < -0.3 is 14.8 Å². The van der Waals surface area contributed by atoms with Crippen LogP contribution in [0.1, 0.15) is 17.7 Å². The van der Waals surface area contributed by atoms with Crippen LogP contribution < -0.4 is 5.32 Å². The number of hydrogen-bond acceptors (Lipinski definition) is 4. The van der Waals surface area contributed by atoms with Gasteiger partial charge in [0, 0.05) is 11.3 Å². The van der Waals surface area contributed by atoms with Crippen LogP contribution in [0.15, 0.2) is 53.2 Å². The molecule has 1 amide bonds. The quantitative estimate of drug-likeness (QED) is 0.842. The number of amides is 1. The molecule has 21 heavy (non-hydrogen) atoms. The number of para-hydroxylation sites is 1. The van der Waals surface area contributed by atoms with E-state index < -0.39 is 11.5 Å². The molecule has 1 aliphatic rings. The molecule has 1 atom stereocenters. The molecule has 106 valence electrons. The summed E-state index contributed by atoms with van der Waals surface area (Å²) in [6.45, 7) is 0. The summed E-state index contributed by atoms with van der Waals surface area (Å²) >= 11 is 0. The Morgan fingerprint density at radius 1 is 1.29 bits per heavy atom. The van der Waals surface area contributed by atoms with E-state index >= 15 is 0 Å². The molecule has 1 aromatic carbocycles. The normalized spacial score (nSPS) is 20.5. The second-order valence-electron chi connectivity index (χ2n) is 4.85. The number of allylic oxidation sites excluding steroid dienone is 1. The SMILES string of the molecule is O=C(/C=C/c1ccco1)C[C@]1(O)C(=O)Nc2ccccc21. The first-order chi connectivity index (χ1) is 10.1. The average Bonchev–Trinajstić information content (AvgIpc) is 3.06. The van der Waals surface area contributed by atoms with Crippen LogP contribution in [0.5, 0.6) is 0 Å². The summed E-state index contributed by atoms with van der Waals surface area (Å²) in [5.74, 6) is -0.407. The van der Waals surface area contributed by atoms with Gasteiger partial charge in [-0.15, -0.1) is 0 Å². The van der Waals surface area contributed by atoms with E-state index in [2.05, 4.69) is 5.32 Å². The number of aliphatic hydroxyl groups is 1. The van der Waals surface area contributed by atoms with E-state index in [1.807, 2.05) is 0 Å². The van der Waals surface area contributed by atoms with Gasteiger partial charge in [-0.05, 0) is 30.4 Å². The van der Waals surface area contributed by atoms with E-state index in [4.69, 9.17) is 4.42 Å². The molecule has 0 unspecified atom stereocenters. The average molecular weight is 283 g/mol. The molecule has 5 nitrogen and oxygen atoms in total. The Kier molecular flexibility index (Phi) is 3.19. The van der Waals surface area contributed by atoms with Gasteiger partial charge in [0.1, 0.15) is 5.76 Å². The zero-order valence-electron chi connectivity index (χ0n) is 11.1. The fraction of sp³-hybridized carbons (Fsp3) is 0.125. The van der Waals surface area contributed by atoms with Crippen LogP contribution in [0, 0.1) is 0 Å². The van der Waals surface area contributed by atoms with Gasteiger partial charge in [0.15, 0.2) is 11.4 Å². The molecule has 3 rings (SSSR count). The predicted octanol–water partition coefficient (Wildman–Crippen LogP) is 2.09. The molecule has 0 radical (unpaired) electrons. The smallest absolute Gasteiger partial charge is 0.261 e. The van der Waals surface area contributed by atoms with Crippen molar-refractivity contribution in [3.8, 4) is 0 Å². The Bertz CT molecular complexity index is 718. The second kappa shape index (κ2) is 5.03. The lowest BCUT2D eigenvalue weighted by Gasteiger charge is -2.18. The van der Waals surface area contributed by atoms with Gasteiger partial charge in [0.05, 0.1) is 12.7 Å². The highest BCUT2D eigenvalue weighted by molar-refractivity contribution is 6.08. The fourth-order valence-electron chi connectivity index (χ4n) is 2.35. The third-order valence-corrected chi connectivity index (χ3v) is 3.40. The molecule has 1 aromatic heterocycles. The topological polar surface area (TPSA) is 79.5 Å². The van der Waals surface area contributed by atoms with Crippen molar-refractivity contribution in [1.29, 1.82) is 0 Å². The number of benzene rings is 1. The third kappa shape index (κ3) is 2.39. The first kappa shape index (κ1) is 13.3. The molecule has 2 N–H and O–H groups in total. The first-order valence-corrected chi connectivity index (χ1v) is 6.47. The lowest BCUT2D eigenvalue weighted by Crippen LogP contribution is -2.36. The summed E-state index contributed by atoms with van der Waals surface area (Å²) in [5.41, 5.74) is -0.858. The number of nitrogens with one attached hydrogen (secondary N) is 1. The van der Waals surface area contributed by atoms with Crippen LogP contribution in [0.3, 0.4) is 0 Å². The number of ketones is 1. The van der Waals surface area contributed by atoms with E-state index in [1.54, 1.807) is 36.4 Å². The van der Waals surface area contributed by atoms with Crippen molar-refractivity contribution in [3.05, 3.63) is 60.1 Å². The van der Waals surface area contributed by atoms with Crippen LogP contribution in [0.2, 0.25) is 0 Å². The van der Waals surface area contributed by atoms with Gasteiger partial charge >= 0.3 is 0 Å². The van der Waals surface area contributed by atoms with Crippen molar-refractivity contribution in [2.24, 2.45) is 0 Å². The lowest BCUT2D eigenvalue weighted by atomic mass is 9.90. The molecule has 0 fully saturated rings. The number of carbonyl (C=O) groups excluding carboxylic acids is 2. The lowest BCUT2D eigenvalue weighted by molar-refractivity contribution is -0.138. The van der Waals surface area contributed by atoms with Crippen LogP contribution in [0.4, 0.5) is 5.69 Å². The summed E-state index contributed by atoms with van der Waals surface area (Å²) in [7, 11) is 0. The van der Waals surface area contributed by atoms with Crippen LogP contribution >= 0.6 is 0 Å². The number of furan rings is 1. The monoisotopic (exact) mass is 283 g/mol. The van der Waals surface area contributed by atoms with Crippen molar-refractivity contribution in [1.82, 2.24) is 0 Å². The van der Waals surface area contributed by atoms with Crippen LogP contribution in [-0.4, -0.2) is 16.8 Å². The molecule has 0 aliphatic carbocycles. The molecule has 1 aliphatic heterocycles. The van der Waals surface area contributed by atoms with E-state index in [-0.39, 0.29) is 12.2 Å². The maximum Gasteiger partial charge on any atom is 0.261 e. The summed E-state index contributed by atoms with van der Waals surface area (Å²) in [4.78, 5) is 24.0. The van der Waals surface area contributed by atoms with Gasteiger partial charge in [-0.1, -0.05) is 18.2 Å². The minimum Gasteiger partial charge on any atom is -0.465 e. The number of hydrogen-bond donors (Lipinski definition) is 2. The largest absolute Gasteiger partial charge is 0.465 e. The number of fused-ring (bicyclic) bond motifs is 1. The van der Waals surface area contributed by atoms with Crippen molar-refractivity contribution in [2.75, 3.05) is 5.32 Å². The first-order valence-electron chi connectivity index (χ1n) is 6.47. The van der Waals surface area contributed by atoms with E-state index in [1.165, 1.54) is 18.4 Å². The van der Waals surface area contributed by atoms with Crippen molar-refractivity contribution in [3.63, 3.8) is 0 Å². The van der Waals surface area contributed by atoms with Crippen molar-refractivity contribution in [2.45, 2.75) is 12.0 Å². The second-order valence-corrected chi connectivity index (χ2v) is 4.85. The highest BCUT2D eigenvalue weighted by Gasteiger charge is 2.46. The van der Waals surface area contributed by atoms with Crippen LogP contribution in [0.25, 0.3) is 6.08 Å². The maximum atomic E-state index is 12.0. The number of anilines is 1. The summed E-state index contributed by atoms with van der Waals surface area (Å²) in [5, 5.41) is 13.1. The van der Waals surface area contributed by atoms with Crippen molar-refractivity contribution < 1.29 is 19.1 Å². The maximum absolute atomic E-state index is 12.0. The molecule has 0 bridgehead atoms. The third-order valence-electron chi connectivity index (χ3n) is 3.40. The number of rotatable bonds is 4. The highest BCUT2D eigenvalue weighted by atomic mass is 16.3. The Labute approximate surface area is 120 Å². The molecule has 5 heteroatoms. The Balaban J connectivity index is 1.80. The highest BCUT2D eigenvalue weighted by Crippen LogP contribution is 2.38. The standard InChI is InChI=1S/C16H13NO4/c18-11(7-8-12-4-3-9-21-12)10-16(20)13-5-1-2-6-14(13)17-15(16)19/h1-9,20H,10H2,(H,17,19)/b8-7+/t16-/m1/s1.